The van der Waals surface area contributed by atoms with Gasteiger partial charge in [0, 0.05) is 6.42 Å². The predicted octanol–water partition coefficient (Wildman–Crippen LogP) is 10.6. The minimum Gasteiger partial charge on any atom is -1.00 e. The van der Waals surface area contributed by atoms with E-state index in [0.29, 0.717) is 13.0 Å². The summed E-state index contributed by atoms with van der Waals surface area (Å²) >= 11 is 0. The first kappa shape index (κ1) is 35.4. The van der Waals surface area contributed by atoms with Crippen LogP contribution in [0, 0.1) is 0 Å². The molecule has 0 rings (SSSR count). The molecule has 3 heteroatoms. The Balaban J connectivity index is -0.00000160. The zero-order chi connectivity index (χ0) is 23.4. The molecule has 0 aromatic heterocycles. The molecule has 0 N–H and O–H groups in total. The van der Waals surface area contributed by atoms with Crippen molar-refractivity contribution in [1.82, 2.24) is 0 Å². The third kappa shape index (κ3) is 32.2. The average Bonchev–Trinajstić information content (AvgIpc) is 2.80. The molecule has 0 aliphatic heterocycles. The molecule has 196 valence electrons. The minimum atomic E-state index is 0. The van der Waals surface area contributed by atoms with Crippen molar-refractivity contribution in [2.75, 3.05) is 6.61 Å². The molecule has 0 spiro atoms. The van der Waals surface area contributed by atoms with Gasteiger partial charge in [0.05, 0.1) is 6.61 Å². The molecule has 0 bridgehead atoms. The molecular formula is C30H62MgO2. The summed E-state index contributed by atoms with van der Waals surface area (Å²) in [6.45, 7) is 5.19. The molecule has 0 aliphatic rings. The Bertz CT molecular complexity index is 370. The second-order valence-electron chi connectivity index (χ2n) is 10.1. The second-order valence-corrected chi connectivity index (χ2v) is 10.1. The van der Waals surface area contributed by atoms with E-state index in [4.69, 9.17) is 4.74 Å². The van der Waals surface area contributed by atoms with Crippen LogP contribution in [0.2, 0.25) is 0 Å². The maximum Gasteiger partial charge on any atom is 2.00 e. The predicted molar refractivity (Wildman–Crippen MR) is 150 cm³/mol. The Morgan fingerprint density at radius 3 is 1.06 bits per heavy atom. The molecule has 0 unspecified atom stereocenters. The normalized spacial score (nSPS) is 10.8. The minimum absolute atomic E-state index is 0. The van der Waals surface area contributed by atoms with Gasteiger partial charge in [0.1, 0.15) is 0 Å². The Kier molecular flexibility index (Phi) is 34.6. The van der Waals surface area contributed by atoms with Crippen molar-refractivity contribution in [3.8, 4) is 0 Å². The Morgan fingerprint density at radius 1 is 0.455 bits per heavy atom. The van der Waals surface area contributed by atoms with Gasteiger partial charge in [0.25, 0.3) is 0 Å². The van der Waals surface area contributed by atoms with Crippen LogP contribution in [-0.2, 0) is 9.53 Å². The molecule has 0 radical (unpaired) electrons. The number of hydrogen-bond acceptors (Lipinski definition) is 2. The van der Waals surface area contributed by atoms with E-state index < -0.39 is 0 Å². The smallest absolute Gasteiger partial charge is 1.00 e. The second kappa shape index (κ2) is 32.2. The standard InChI is InChI=1S/C30H60O2.Mg.2H/c1-3-5-7-9-11-13-15-16-17-18-19-20-22-24-26-28-30(31)32-29-27-25-23-21-14-12-10-8-6-4-2;;;/h3-29H2,1-2H3;;;/q;+2;2*-1. The molecule has 0 saturated heterocycles. The van der Waals surface area contributed by atoms with Crippen LogP contribution in [0.15, 0.2) is 0 Å². The average molecular weight is 479 g/mol. The first-order valence-electron chi connectivity index (χ1n) is 15.0. The van der Waals surface area contributed by atoms with Gasteiger partial charge in [-0.1, -0.05) is 162 Å². The van der Waals surface area contributed by atoms with E-state index >= 15 is 0 Å². The molecule has 0 atom stereocenters. The molecule has 0 saturated carbocycles. The molecule has 0 aliphatic carbocycles. The molecule has 0 heterocycles. The van der Waals surface area contributed by atoms with Crippen LogP contribution in [0.3, 0.4) is 0 Å². The number of esters is 1. The molecule has 0 aromatic carbocycles. The number of hydrogen-bond donors (Lipinski definition) is 0. The zero-order valence-corrected chi connectivity index (χ0v) is 24.5. The van der Waals surface area contributed by atoms with Crippen molar-refractivity contribution in [1.29, 1.82) is 0 Å². The number of unbranched alkanes of at least 4 members (excludes halogenated alkanes) is 23. The maximum atomic E-state index is 11.8. The van der Waals surface area contributed by atoms with Crippen molar-refractivity contribution in [3.05, 3.63) is 0 Å². The number of rotatable bonds is 27. The topological polar surface area (TPSA) is 26.3 Å². The van der Waals surface area contributed by atoms with Gasteiger partial charge in [-0.15, -0.1) is 0 Å². The SMILES string of the molecule is CCCCCCCCCCCCCCCCCC(=O)OCCCCCCCCCCCC.[H-].[H-].[Mg+2]. The Hall–Kier alpha value is 0.236. The van der Waals surface area contributed by atoms with Crippen LogP contribution >= 0.6 is 0 Å². The number of carbonyl (C=O) groups excluding carboxylic acids is 1. The Morgan fingerprint density at radius 2 is 0.727 bits per heavy atom. The summed E-state index contributed by atoms with van der Waals surface area (Å²) in [6, 6.07) is 0. The summed E-state index contributed by atoms with van der Waals surface area (Å²) in [7, 11) is 0. The van der Waals surface area contributed by atoms with E-state index in [1.165, 1.54) is 148 Å². The molecule has 2 nitrogen and oxygen atoms in total. The summed E-state index contributed by atoms with van der Waals surface area (Å²) in [4.78, 5) is 11.8. The number of ether oxygens (including phenoxy) is 1. The van der Waals surface area contributed by atoms with Crippen molar-refractivity contribution in [2.45, 2.75) is 181 Å². The van der Waals surface area contributed by atoms with E-state index in [0.717, 1.165) is 12.8 Å². The van der Waals surface area contributed by atoms with Crippen LogP contribution in [-0.4, -0.2) is 35.6 Å². The van der Waals surface area contributed by atoms with Crippen LogP contribution in [0.25, 0.3) is 0 Å². The van der Waals surface area contributed by atoms with Gasteiger partial charge in [-0.05, 0) is 12.8 Å². The van der Waals surface area contributed by atoms with Gasteiger partial charge in [0.2, 0.25) is 0 Å². The fourth-order valence-corrected chi connectivity index (χ4v) is 4.49. The molecule has 33 heavy (non-hydrogen) atoms. The van der Waals surface area contributed by atoms with Crippen molar-refractivity contribution in [2.24, 2.45) is 0 Å². The van der Waals surface area contributed by atoms with Gasteiger partial charge in [0.15, 0.2) is 0 Å². The third-order valence-electron chi connectivity index (χ3n) is 6.75. The van der Waals surface area contributed by atoms with Crippen molar-refractivity contribution >= 4 is 29.0 Å². The van der Waals surface area contributed by atoms with Crippen LogP contribution < -0.4 is 0 Å². The molecule has 0 amide bonds. The van der Waals surface area contributed by atoms with E-state index in [1.807, 2.05) is 0 Å². The van der Waals surface area contributed by atoms with Crippen molar-refractivity contribution in [3.63, 3.8) is 0 Å². The monoisotopic (exact) mass is 478 g/mol. The van der Waals surface area contributed by atoms with E-state index in [2.05, 4.69) is 13.8 Å². The molecule has 0 aromatic rings. The Labute approximate surface area is 228 Å². The first-order chi connectivity index (χ1) is 15.8. The number of carbonyl (C=O) groups is 1. The van der Waals surface area contributed by atoms with Gasteiger partial charge in [-0.2, -0.15) is 0 Å². The van der Waals surface area contributed by atoms with Gasteiger partial charge < -0.3 is 7.59 Å². The van der Waals surface area contributed by atoms with Gasteiger partial charge in [-0.25, -0.2) is 0 Å². The van der Waals surface area contributed by atoms with Crippen LogP contribution in [0.1, 0.15) is 184 Å². The van der Waals surface area contributed by atoms with Gasteiger partial charge in [-0.3, -0.25) is 4.79 Å². The van der Waals surface area contributed by atoms with Crippen molar-refractivity contribution < 1.29 is 12.4 Å². The first-order valence-corrected chi connectivity index (χ1v) is 15.0. The summed E-state index contributed by atoms with van der Waals surface area (Å²) in [5, 5.41) is 0. The third-order valence-corrected chi connectivity index (χ3v) is 6.75. The van der Waals surface area contributed by atoms with Gasteiger partial charge >= 0.3 is 29.0 Å². The fraction of sp³-hybridized carbons (Fsp3) is 0.967. The van der Waals surface area contributed by atoms with E-state index in [-0.39, 0.29) is 31.9 Å². The van der Waals surface area contributed by atoms with Crippen LogP contribution in [0.5, 0.6) is 0 Å². The van der Waals surface area contributed by atoms with E-state index in [9.17, 15) is 4.79 Å². The summed E-state index contributed by atoms with van der Waals surface area (Å²) in [6.07, 6.45) is 34.2. The summed E-state index contributed by atoms with van der Waals surface area (Å²) < 4.78 is 5.39. The van der Waals surface area contributed by atoms with E-state index in [1.54, 1.807) is 0 Å². The maximum absolute atomic E-state index is 11.8. The molecular weight excluding hydrogens is 417 g/mol. The molecule has 0 fully saturated rings. The largest absolute Gasteiger partial charge is 2.00 e. The summed E-state index contributed by atoms with van der Waals surface area (Å²) in [5.41, 5.74) is 0. The quantitative estimate of drug-likeness (QED) is 0.0666. The zero-order valence-electron chi connectivity index (χ0n) is 25.1. The summed E-state index contributed by atoms with van der Waals surface area (Å²) in [5.74, 6) is 0.0237. The van der Waals surface area contributed by atoms with Crippen LogP contribution in [0.4, 0.5) is 0 Å². The fourth-order valence-electron chi connectivity index (χ4n) is 4.49.